The van der Waals surface area contributed by atoms with Gasteiger partial charge in [-0.2, -0.15) is 5.10 Å². The lowest BCUT2D eigenvalue weighted by Crippen LogP contribution is -2.27. The Morgan fingerprint density at radius 1 is 1.24 bits per heavy atom. The Bertz CT molecular complexity index is 874. The van der Waals surface area contributed by atoms with Crippen LogP contribution in [0.4, 0.5) is 5.82 Å². The van der Waals surface area contributed by atoms with Gasteiger partial charge in [0.1, 0.15) is 11.6 Å². The number of fused-ring (bicyclic) bond motifs is 1. The predicted molar refractivity (Wildman–Crippen MR) is 93.8 cm³/mol. The molecule has 0 aliphatic carbocycles. The van der Waals surface area contributed by atoms with Gasteiger partial charge in [-0.25, -0.2) is 15.0 Å². The number of aryl methyl sites for hydroxylation is 1. The van der Waals surface area contributed by atoms with Crippen LogP contribution in [0.2, 0.25) is 0 Å². The van der Waals surface area contributed by atoms with Gasteiger partial charge in [0.15, 0.2) is 11.6 Å². The van der Waals surface area contributed by atoms with Crippen molar-refractivity contribution in [3.8, 4) is 11.4 Å². The maximum Gasteiger partial charge on any atom is 0.172 e. The smallest absolute Gasteiger partial charge is 0.172 e. The highest BCUT2D eigenvalue weighted by atomic mass is 15.2. The fourth-order valence-electron chi connectivity index (χ4n) is 2.93. The molecular weight excluding hydrogens is 316 g/mol. The summed E-state index contributed by atoms with van der Waals surface area (Å²) < 4.78 is 0. The summed E-state index contributed by atoms with van der Waals surface area (Å²) in [6, 6.07) is 3.81. The molecule has 0 fully saturated rings. The van der Waals surface area contributed by atoms with Crippen molar-refractivity contribution in [1.29, 1.82) is 0 Å². The van der Waals surface area contributed by atoms with Gasteiger partial charge in [0.25, 0.3) is 0 Å². The van der Waals surface area contributed by atoms with Gasteiger partial charge in [-0.15, -0.1) is 0 Å². The van der Waals surface area contributed by atoms with Crippen LogP contribution in [0.25, 0.3) is 11.4 Å². The first kappa shape index (κ1) is 15.6. The minimum Gasteiger partial charge on any atom is -0.360 e. The van der Waals surface area contributed by atoms with Gasteiger partial charge in [0, 0.05) is 30.1 Å². The van der Waals surface area contributed by atoms with Crippen LogP contribution >= 0.6 is 0 Å². The molecule has 4 heterocycles. The molecule has 0 radical (unpaired) electrons. The molecule has 4 rings (SSSR count). The molecule has 8 heteroatoms. The average Bonchev–Trinajstić information content (AvgIpc) is 3.09. The second-order valence-electron chi connectivity index (χ2n) is 6.13. The first-order chi connectivity index (χ1) is 12.2. The van der Waals surface area contributed by atoms with Crippen LogP contribution in [-0.2, 0) is 13.0 Å². The minimum atomic E-state index is -0.0550. The van der Waals surface area contributed by atoms with Crippen LogP contribution in [0.1, 0.15) is 35.9 Å². The zero-order valence-electron chi connectivity index (χ0n) is 14.2. The summed E-state index contributed by atoms with van der Waals surface area (Å²) in [7, 11) is 0. The molecule has 1 aliphatic rings. The molecule has 3 aromatic heterocycles. The molecule has 0 aromatic carbocycles. The van der Waals surface area contributed by atoms with Crippen molar-refractivity contribution >= 4 is 5.82 Å². The summed E-state index contributed by atoms with van der Waals surface area (Å²) in [6.45, 7) is 5.59. The summed E-state index contributed by atoms with van der Waals surface area (Å²) in [5, 5.41) is 14.0. The Balaban J connectivity index is 1.72. The van der Waals surface area contributed by atoms with Crippen LogP contribution < -0.4 is 10.6 Å². The summed E-state index contributed by atoms with van der Waals surface area (Å²) >= 11 is 0. The highest BCUT2D eigenvalue weighted by molar-refractivity contribution is 5.59. The standard InChI is InChI=1S/C17H20N8/c1-10(15-21-11(2)24-25-15)20-17-13-5-7-19-9-14(13)22-16(23-17)12-4-3-6-18-8-12/h3-4,6,8,10,19H,5,7,9H2,1-2H3,(H,20,22,23)(H,21,24,25)/t10-/m0/s1. The summed E-state index contributed by atoms with van der Waals surface area (Å²) in [4.78, 5) is 18.1. The van der Waals surface area contributed by atoms with Crippen molar-refractivity contribution < 1.29 is 0 Å². The number of aromatic nitrogens is 6. The molecule has 1 aliphatic heterocycles. The summed E-state index contributed by atoms with van der Waals surface area (Å²) in [6.07, 6.45) is 4.42. The quantitative estimate of drug-likeness (QED) is 0.667. The molecule has 3 N–H and O–H groups in total. The fraction of sp³-hybridized carbons (Fsp3) is 0.353. The third-order valence-corrected chi connectivity index (χ3v) is 4.21. The highest BCUT2D eigenvalue weighted by Crippen LogP contribution is 2.26. The van der Waals surface area contributed by atoms with E-state index in [2.05, 4.69) is 30.8 Å². The minimum absolute atomic E-state index is 0.0550. The number of hydrogen-bond acceptors (Lipinski definition) is 7. The second-order valence-corrected chi connectivity index (χ2v) is 6.13. The van der Waals surface area contributed by atoms with Gasteiger partial charge in [0.05, 0.1) is 11.7 Å². The first-order valence-electron chi connectivity index (χ1n) is 8.37. The molecule has 25 heavy (non-hydrogen) atoms. The molecule has 0 amide bonds. The molecule has 0 bridgehead atoms. The number of H-pyrrole nitrogens is 1. The Morgan fingerprint density at radius 3 is 2.92 bits per heavy atom. The molecule has 8 nitrogen and oxygen atoms in total. The third kappa shape index (κ3) is 3.20. The normalized spacial score (nSPS) is 14.8. The molecule has 0 unspecified atom stereocenters. The van der Waals surface area contributed by atoms with E-state index >= 15 is 0 Å². The van der Waals surface area contributed by atoms with Crippen LogP contribution in [0.3, 0.4) is 0 Å². The number of nitrogens with zero attached hydrogens (tertiary/aromatic N) is 5. The SMILES string of the molecule is Cc1nc([C@H](C)Nc2nc(-c3cccnc3)nc3c2CCNC3)n[nH]1. The zero-order chi connectivity index (χ0) is 17.2. The monoisotopic (exact) mass is 336 g/mol. The third-order valence-electron chi connectivity index (χ3n) is 4.21. The van der Waals surface area contributed by atoms with Crippen molar-refractivity contribution in [3.05, 3.63) is 47.4 Å². The number of rotatable bonds is 4. The van der Waals surface area contributed by atoms with Crippen molar-refractivity contribution in [2.24, 2.45) is 0 Å². The first-order valence-corrected chi connectivity index (χ1v) is 8.37. The van der Waals surface area contributed by atoms with E-state index in [1.54, 1.807) is 12.4 Å². The van der Waals surface area contributed by atoms with Gasteiger partial charge in [0.2, 0.25) is 0 Å². The Hall–Kier alpha value is -2.87. The van der Waals surface area contributed by atoms with Crippen molar-refractivity contribution in [1.82, 2.24) is 35.5 Å². The maximum absolute atomic E-state index is 4.77. The van der Waals surface area contributed by atoms with E-state index < -0.39 is 0 Å². The van der Waals surface area contributed by atoms with Crippen molar-refractivity contribution in [2.75, 3.05) is 11.9 Å². The van der Waals surface area contributed by atoms with Gasteiger partial charge in [-0.1, -0.05) is 0 Å². The van der Waals surface area contributed by atoms with E-state index in [1.807, 2.05) is 26.0 Å². The topological polar surface area (TPSA) is 104 Å². The van der Waals surface area contributed by atoms with Crippen molar-refractivity contribution in [2.45, 2.75) is 32.9 Å². The lowest BCUT2D eigenvalue weighted by molar-refractivity contribution is 0.623. The largest absolute Gasteiger partial charge is 0.360 e. The van der Waals surface area contributed by atoms with E-state index in [1.165, 1.54) is 0 Å². The fourth-order valence-corrected chi connectivity index (χ4v) is 2.93. The van der Waals surface area contributed by atoms with Crippen LogP contribution in [0.15, 0.2) is 24.5 Å². The Kier molecular flexibility index (Phi) is 4.10. The highest BCUT2D eigenvalue weighted by Gasteiger charge is 2.20. The average molecular weight is 336 g/mol. The zero-order valence-corrected chi connectivity index (χ0v) is 14.2. The molecule has 3 aromatic rings. The lowest BCUT2D eigenvalue weighted by Gasteiger charge is -2.22. The van der Waals surface area contributed by atoms with Crippen LogP contribution in [-0.4, -0.2) is 36.7 Å². The molecule has 1 atom stereocenters. The van der Waals surface area contributed by atoms with E-state index in [9.17, 15) is 0 Å². The summed E-state index contributed by atoms with van der Waals surface area (Å²) in [5.74, 6) is 3.05. The number of nitrogens with one attached hydrogen (secondary N) is 3. The van der Waals surface area contributed by atoms with Crippen LogP contribution in [0.5, 0.6) is 0 Å². The number of anilines is 1. The van der Waals surface area contributed by atoms with Crippen molar-refractivity contribution in [3.63, 3.8) is 0 Å². The maximum atomic E-state index is 4.77. The second kappa shape index (κ2) is 6.56. The lowest BCUT2D eigenvalue weighted by atomic mass is 10.1. The molecule has 128 valence electrons. The van der Waals surface area contributed by atoms with Gasteiger partial charge < -0.3 is 10.6 Å². The van der Waals surface area contributed by atoms with Gasteiger partial charge >= 0.3 is 0 Å². The van der Waals surface area contributed by atoms with Gasteiger partial charge in [-0.05, 0) is 38.9 Å². The van der Waals surface area contributed by atoms with E-state index in [0.717, 1.165) is 53.8 Å². The molecule has 0 saturated heterocycles. The molecular formula is C17H20N8. The molecule has 0 spiro atoms. The Morgan fingerprint density at radius 2 is 2.16 bits per heavy atom. The van der Waals surface area contributed by atoms with Gasteiger partial charge in [-0.3, -0.25) is 10.1 Å². The molecule has 0 saturated carbocycles. The number of aromatic amines is 1. The Labute approximate surface area is 145 Å². The summed E-state index contributed by atoms with van der Waals surface area (Å²) in [5.41, 5.74) is 3.09. The number of pyridine rings is 1. The van der Waals surface area contributed by atoms with E-state index in [-0.39, 0.29) is 6.04 Å². The van der Waals surface area contributed by atoms with E-state index in [4.69, 9.17) is 9.97 Å². The van der Waals surface area contributed by atoms with E-state index in [0.29, 0.717) is 5.82 Å². The van der Waals surface area contributed by atoms with Crippen LogP contribution in [0, 0.1) is 6.92 Å². The predicted octanol–water partition coefficient (Wildman–Crippen LogP) is 1.78. The number of hydrogen-bond donors (Lipinski definition) is 3.